The van der Waals surface area contributed by atoms with E-state index in [4.69, 9.17) is 0 Å². The van der Waals surface area contributed by atoms with Gasteiger partial charge in [0.15, 0.2) is 6.33 Å². The Morgan fingerprint density at radius 1 is 1.56 bits per heavy atom. The highest BCUT2D eigenvalue weighted by molar-refractivity contribution is 4.69. The van der Waals surface area contributed by atoms with Crippen LogP contribution in [0.5, 0.6) is 0 Å². The van der Waals surface area contributed by atoms with Crippen LogP contribution >= 0.6 is 0 Å². The maximum Gasteiger partial charge on any atom is 0.226 e. The van der Waals surface area contributed by atoms with Crippen molar-refractivity contribution >= 4 is 0 Å². The number of aromatic nitrogens is 2. The Hall–Kier alpha value is -0.860. The van der Waals surface area contributed by atoms with Gasteiger partial charge in [-0.2, -0.15) is 4.98 Å². The van der Waals surface area contributed by atoms with Crippen LogP contribution in [0.1, 0.15) is 26.7 Å². The second-order valence-electron chi connectivity index (χ2n) is 1.19. The van der Waals surface area contributed by atoms with Gasteiger partial charge in [-0.1, -0.05) is 25.9 Å². The molecule has 0 aliphatic heterocycles. The molecule has 1 aromatic rings. The first kappa shape index (κ1) is 8.14. The largest absolute Gasteiger partial charge is 0.340 e. The summed E-state index contributed by atoms with van der Waals surface area (Å²) in [6.45, 7) is 5.97. The Kier molecular flexibility index (Phi) is 4.78. The van der Waals surface area contributed by atoms with Gasteiger partial charge in [0.05, 0.1) is 0 Å². The van der Waals surface area contributed by atoms with Crippen LogP contribution in [0.15, 0.2) is 10.9 Å². The van der Waals surface area contributed by atoms with Crippen LogP contribution in [-0.4, -0.2) is 10.1 Å². The van der Waals surface area contributed by atoms with Gasteiger partial charge < -0.3 is 4.52 Å². The lowest BCUT2D eigenvalue weighted by Crippen LogP contribution is -1.73. The first-order valence-corrected chi connectivity index (χ1v) is 3.19. The van der Waals surface area contributed by atoms with Crippen molar-refractivity contribution in [2.24, 2.45) is 0 Å². The topological polar surface area (TPSA) is 38.9 Å². The average Bonchev–Trinajstić information content (AvgIpc) is 2.43. The van der Waals surface area contributed by atoms with E-state index in [1.165, 1.54) is 6.33 Å². The van der Waals surface area contributed by atoms with Crippen LogP contribution in [0.3, 0.4) is 0 Å². The summed E-state index contributed by atoms with van der Waals surface area (Å²) < 4.78 is 4.62. The molecule has 0 saturated heterocycles. The van der Waals surface area contributed by atoms with Crippen molar-refractivity contribution in [2.45, 2.75) is 27.2 Å². The van der Waals surface area contributed by atoms with Gasteiger partial charge in [-0.25, -0.2) is 0 Å². The molecular weight excluding hydrogens is 116 g/mol. The van der Waals surface area contributed by atoms with E-state index in [-0.39, 0.29) is 0 Å². The standard InChI is InChI=1S/C4H6N2O.C2H6/c1-2-4-5-3-6-7-4;1-2/h3H,2H2,1H3;1-2H3. The highest BCUT2D eigenvalue weighted by atomic mass is 16.5. The Bertz CT molecular complexity index is 126. The molecule has 3 nitrogen and oxygen atoms in total. The molecule has 0 fully saturated rings. The second-order valence-corrected chi connectivity index (χ2v) is 1.19. The Morgan fingerprint density at radius 2 is 2.22 bits per heavy atom. The second kappa shape index (κ2) is 5.28. The molecule has 9 heavy (non-hydrogen) atoms. The highest BCUT2D eigenvalue weighted by Gasteiger charge is 1.88. The normalized spacial score (nSPS) is 7.89. The third-order valence-electron chi connectivity index (χ3n) is 0.709. The number of hydrogen-bond acceptors (Lipinski definition) is 3. The minimum atomic E-state index is 0.694. The molecule has 52 valence electrons. The third-order valence-corrected chi connectivity index (χ3v) is 0.709. The van der Waals surface area contributed by atoms with Crippen LogP contribution in [0.2, 0.25) is 0 Å². The summed E-state index contributed by atoms with van der Waals surface area (Å²) in [4.78, 5) is 3.76. The van der Waals surface area contributed by atoms with Gasteiger partial charge in [-0.3, -0.25) is 0 Å². The minimum Gasteiger partial charge on any atom is -0.340 e. The number of hydrogen-bond donors (Lipinski definition) is 0. The molecule has 0 aromatic carbocycles. The summed E-state index contributed by atoms with van der Waals surface area (Å²) in [6.07, 6.45) is 2.22. The molecule has 0 spiro atoms. The van der Waals surface area contributed by atoms with Crippen molar-refractivity contribution in [3.8, 4) is 0 Å². The predicted molar refractivity (Wildman–Crippen MR) is 35.0 cm³/mol. The zero-order valence-electron chi connectivity index (χ0n) is 6.09. The van der Waals surface area contributed by atoms with Gasteiger partial charge >= 0.3 is 0 Å². The first-order valence-electron chi connectivity index (χ1n) is 3.19. The molecular formula is C6H12N2O. The number of nitrogens with zero attached hydrogens (tertiary/aromatic N) is 2. The maximum absolute atomic E-state index is 4.62. The SMILES string of the molecule is CC.CCc1ncno1. The van der Waals surface area contributed by atoms with E-state index in [1.54, 1.807) is 0 Å². The van der Waals surface area contributed by atoms with Gasteiger partial charge in [0.1, 0.15) is 0 Å². The highest BCUT2D eigenvalue weighted by Crippen LogP contribution is 1.88. The van der Waals surface area contributed by atoms with E-state index in [9.17, 15) is 0 Å². The van der Waals surface area contributed by atoms with Gasteiger partial charge in [-0.15, -0.1) is 0 Å². The Balaban J connectivity index is 0.000000291. The summed E-state index contributed by atoms with van der Waals surface area (Å²) in [5.41, 5.74) is 0. The zero-order valence-corrected chi connectivity index (χ0v) is 6.09. The third kappa shape index (κ3) is 2.85. The summed E-state index contributed by atoms with van der Waals surface area (Å²) in [7, 11) is 0. The predicted octanol–water partition coefficient (Wildman–Crippen LogP) is 1.66. The first-order chi connectivity index (χ1) is 4.43. The molecule has 1 rings (SSSR count). The molecule has 3 heteroatoms. The van der Waals surface area contributed by atoms with E-state index in [0.29, 0.717) is 5.89 Å². The van der Waals surface area contributed by atoms with Crippen LogP contribution < -0.4 is 0 Å². The van der Waals surface area contributed by atoms with Crippen molar-refractivity contribution in [3.05, 3.63) is 12.2 Å². The fourth-order valence-electron chi connectivity index (χ4n) is 0.352. The molecule has 0 atom stereocenters. The molecule has 0 radical (unpaired) electrons. The smallest absolute Gasteiger partial charge is 0.226 e. The molecule has 0 bridgehead atoms. The Labute approximate surface area is 55.1 Å². The fourth-order valence-corrected chi connectivity index (χ4v) is 0.352. The van der Waals surface area contributed by atoms with Gasteiger partial charge in [0, 0.05) is 6.42 Å². The summed E-state index contributed by atoms with van der Waals surface area (Å²) in [6, 6.07) is 0. The molecule has 0 unspecified atom stereocenters. The number of aryl methyl sites for hydroxylation is 1. The van der Waals surface area contributed by atoms with Crippen molar-refractivity contribution in [1.82, 2.24) is 10.1 Å². The summed E-state index contributed by atoms with van der Waals surface area (Å²) in [5, 5.41) is 3.41. The molecule has 0 amide bonds. The molecule has 0 aliphatic carbocycles. The van der Waals surface area contributed by atoms with Crippen molar-refractivity contribution < 1.29 is 4.52 Å². The summed E-state index contributed by atoms with van der Waals surface area (Å²) >= 11 is 0. The van der Waals surface area contributed by atoms with Crippen LogP contribution in [0, 0.1) is 0 Å². The van der Waals surface area contributed by atoms with E-state index in [1.807, 2.05) is 20.8 Å². The molecule has 0 saturated carbocycles. The molecule has 1 aromatic heterocycles. The van der Waals surface area contributed by atoms with Crippen molar-refractivity contribution in [2.75, 3.05) is 0 Å². The van der Waals surface area contributed by atoms with Crippen LogP contribution in [-0.2, 0) is 6.42 Å². The van der Waals surface area contributed by atoms with E-state index in [2.05, 4.69) is 14.7 Å². The van der Waals surface area contributed by atoms with Gasteiger partial charge in [-0.05, 0) is 0 Å². The molecule has 1 heterocycles. The van der Waals surface area contributed by atoms with E-state index in [0.717, 1.165) is 6.42 Å². The molecule has 0 aliphatic rings. The van der Waals surface area contributed by atoms with Crippen LogP contribution in [0.4, 0.5) is 0 Å². The van der Waals surface area contributed by atoms with Crippen LogP contribution in [0.25, 0.3) is 0 Å². The minimum absolute atomic E-state index is 0.694. The van der Waals surface area contributed by atoms with Crippen molar-refractivity contribution in [1.29, 1.82) is 0 Å². The van der Waals surface area contributed by atoms with E-state index >= 15 is 0 Å². The summed E-state index contributed by atoms with van der Waals surface area (Å²) in [5.74, 6) is 0.694. The van der Waals surface area contributed by atoms with E-state index < -0.39 is 0 Å². The quantitative estimate of drug-likeness (QED) is 0.577. The lowest BCUT2D eigenvalue weighted by molar-refractivity contribution is 0.381. The molecule has 0 N–H and O–H groups in total. The van der Waals surface area contributed by atoms with Crippen molar-refractivity contribution in [3.63, 3.8) is 0 Å². The monoisotopic (exact) mass is 128 g/mol. The fraction of sp³-hybridized carbons (Fsp3) is 0.667. The Morgan fingerprint density at radius 3 is 2.44 bits per heavy atom. The average molecular weight is 128 g/mol. The maximum atomic E-state index is 4.62. The van der Waals surface area contributed by atoms with Gasteiger partial charge in [0.25, 0.3) is 0 Å². The lowest BCUT2D eigenvalue weighted by Gasteiger charge is -1.74. The number of rotatable bonds is 1. The van der Waals surface area contributed by atoms with Gasteiger partial charge in [0.2, 0.25) is 5.89 Å². The lowest BCUT2D eigenvalue weighted by atomic mass is 10.5. The zero-order chi connectivity index (χ0) is 7.11.